The summed E-state index contributed by atoms with van der Waals surface area (Å²) in [6, 6.07) is 8.59. The molecule has 0 aliphatic heterocycles. The maximum absolute atomic E-state index is 5.74. The predicted molar refractivity (Wildman–Crippen MR) is 79.2 cm³/mol. The molecule has 0 amide bonds. The molecule has 0 bridgehead atoms. The highest BCUT2D eigenvalue weighted by molar-refractivity contribution is 5.27. The molecule has 0 spiro atoms. The molecule has 0 N–H and O–H groups in total. The number of hydrogen-bond acceptors (Lipinski definition) is 1. The summed E-state index contributed by atoms with van der Waals surface area (Å²) in [5.41, 5.74) is 1.42. The van der Waals surface area contributed by atoms with Gasteiger partial charge in [-0.3, -0.25) is 0 Å². The zero-order valence-corrected chi connectivity index (χ0v) is 12.4. The topological polar surface area (TPSA) is 9.23 Å². The number of benzene rings is 1. The van der Waals surface area contributed by atoms with E-state index in [1.807, 2.05) is 0 Å². The first-order chi connectivity index (χ1) is 8.58. The maximum atomic E-state index is 5.74. The molecule has 1 aromatic rings. The van der Waals surface area contributed by atoms with Gasteiger partial charge in [0.15, 0.2) is 0 Å². The van der Waals surface area contributed by atoms with E-state index in [0.29, 0.717) is 0 Å². The standard InChI is InChI=1S/C17H28O/c1-14(2)6-5-13-18-17-11-9-16(10-12-17)8-7-15(3)4/h9-12,14-15H,5-8,13H2,1-4H3. The first-order valence-corrected chi connectivity index (χ1v) is 7.29. The lowest BCUT2D eigenvalue weighted by molar-refractivity contribution is 0.297. The van der Waals surface area contributed by atoms with Crippen LogP contribution in [0.4, 0.5) is 0 Å². The van der Waals surface area contributed by atoms with Crippen molar-refractivity contribution in [1.82, 2.24) is 0 Å². The van der Waals surface area contributed by atoms with Crippen molar-refractivity contribution in [2.45, 2.75) is 53.4 Å². The van der Waals surface area contributed by atoms with Crippen LogP contribution in [0.3, 0.4) is 0 Å². The normalized spacial score (nSPS) is 11.2. The van der Waals surface area contributed by atoms with E-state index in [2.05, 4.69) is 52.0 Å². The van der Waals surface area contributed by atoms with Crippen molar-refractivity contribution in [2.75, 3.05) is 6.61 Å². The van der Waals surface area contributed by atoms with Gasteiger partial charge in [0.05, 0.1) is 6.61 Å². The van der Waals surface area contributed by atoms with Crippen molar-refractivity contribution in [3.05, 3.63) is 29.8 Å². The average molecular weight is 248 g/mol. The molecule has 1 nitrogen and oxygen atoms in total. The van der Waals surface area contributed by atoms with Gasteiger partial charge in [-0.15, -0.1) is 0 Å². The molecule has 0 heterocycles. The van der Waals surface area contributed by atoms with Gasteiger partial charge in [-0.1, -0.05) is 39.8 Å². The molecule has 0 saturated carbocycles. The Morgan fingerprint density at radius 3 is 2.06 bits per heavy atom. The molecule has 0 radical (unpaired) electrons. The van der Waals surface area contributed by atoms with Crippen LogP contribution in [0.25, 0.3) is 0 Å². The van der Waals surface area contributed by atoms with Gasteiger partial charge in [0.2, 0.25) is 0 Å². The van der Waals surface area contributed by atoms with Crippen molar-refractivity contribution >= 4 is 0 Å². The Balaban J connectivity index is 2.27. The molecule has 0 saturated heterocycles. The van der Waals surface area contributed by atoms with Crippen molar-refractivity contribution < 1.29 is 4.74 Å². The minimum Gasteiger partial charge on any atom is -0.494 e. The summed E-state index contributed by atoms with van der Waals surface area (Å²) in [5, 5.41) is 0. The van der Waals surface area contributed by atoms with Crippen LogP contribution in [0.5, 0.6) is 5.75 Å². The number of rotatable bonds is 8. The Morgan fingerprint density at radius 1 is 0.889 bits per heavy atom. The highest BCUT2D eigenvalue weighted by Crippen LogP contribution is 2.15. The van der Waals surface area contributed by atoms with Crippen molar-refractivity contribution in [1.29, 1.82) is 0 Å². The third-order valence-electron chi connectivity index (χ3n) is 3.13. The van der Waals surface area contributed by atoms with E-state index >= 15 is 0 Å². The summed E-state index contributed by atoms with van der Waals surface area (Å²) < 4.78 is 5.74. The van der Waals surface area contributed by atoms with Crippen LogP contribution >= 0.6 is 0 Å². The summed E-state index contributed by atoms with van der Waals surface area (Å²) in [6.07, 6.45) is 4.82. The van der Waals surface area contributed by atoms with Crippen LogP contribution in [0, 0.1) is 11.8 Å². The van der Waals surface area contributed by atoms with Gasteiger partial charge in [-0.2, -0.15) is 0 Å². The van der Waals surface area contributed by atoms with Crippen LogP contribution in [0.1, 0.15) is 52.5 Å². The van der Waals surface area contributed by atoms with E-state index in [-0.39, 0.29) is 0 Å². The van der Waals surface area contributed by atoms with Crippen molar-refractivity contribution in [2.24, 2.45) is 11.8 Å². The second-order valence-electron chi connectivity index (χ2n) is 5.96. The van der Waals surface area contributed by atoms with Crippen LogP contribution in [0.15, 0.2) is 24.3 Å². The molecular weight excluding hydrogens is 220 g/mol. The largest absolute Gasteiger partial charge is 0.494 e. The highest BCUT2D eigenvalue weighted by atomic mass is 16.5. The second-order valence-corrected chi connectivity index (χ2v) is 5.96. The van der Waals surface area contributed by atoms with E-state index < -0.39 is 0 Å². The molecule has 0 atom stereocenters. The molecule has 0 fully saturated rings. The van der Waals surface area contributed by atoms with Gasteiger partial charge in [0, 0.05) is 0 Å². The Morgan fingerprint density at radius 2 is 1.50 bits per heavy atom. The van der Waals surface area contributed by atoms with Crippen LogP contribution in [-0.4, -0.2) is 6.61 Å². The number of ether oxygens (including phenoxy) is 1. The third kappa shape index (κ3) is 6.68. The maximum Gasteiger partial charge on any atom is 0.119 e. The van der Waals surface area contributed by atoms with Crippen molar-refractivity contribution in [3.8, 4) is 5.75 Å². The summed E-state index contributed by atoms with van der Waals surface area (Å²) in [4.78, 5) is 0. The Kier molecular flexibility index (Phi) is 6.85. The van der Waals surface area contributed by atoms with Crippen molar-refractivity contribution in [3.63, 3.8) is 0 Å². The molecule has 1 rings (SSSR count). The van der Waals surface area contributed by atoms with Gasteiger partial charge < -0.3 is 4.74 Å². The quantitative estimate of drug-likeness (QED) is 0.582. The van der Waals surface area contributed by atoms with Crippen LogP contribution < -0.4 is 4.74 Å². The first kappa shape index (κ1) is 15.1. The fraction of sp³-hybridized carbons (Fsp3) is 0.647. The lowest BCUT2D eigenvalue weighted by atomic mass is 10.0. The predicted octanol–water partition coefficient (Wildman–Crippen LogP) is 5.09. The number of hydrogen-bond donors (Lipinski definition) is 0. The van der Waals surface area contributed by atoms with E-state index in [1.165, 1.54) is 24.8 Å². The molecule has 18 heavy (non-hydrogen) atoms. The number of aryl methyl sites for hydroxylation is 1. The van der Waals surface area contributed by atoms with Gasteiger partial charge in [-0.25, -0.2) is 0 Å². The molecule has 1 heteroatoms. The lowest BCUT2D eigenvalue weighted by Gasteiger charge is -2.09. The average Bonchev–Trinajstić information content (AvgIpc) is 2.33. The highest BCUT2D eigenvalue weighted by Gasteiger charge is 1.99. The molecule has 0 aliphatic carbocycles. The van der Waals surface area contributed by atoms with Gasteiger partial charge in [0.25, 0.3) is 0 Å². The zero-order valence-electron chi connectivity index (χ0n) is 12.4. The summed E-state index contributed by atoms with van der Waals surface area (Å²) in [7, 11) is 0. The zero-order chi connectivity index (χ0) is 13.4. The monoisotopic (exact) mass is 248 g/mol. The van der Waals surface area contributed by atoms with Gasteiger partial charge in [-0.05, 0) is 55.2 Å². The van der Waals surface area contributed by atoms with E-state index in [1.54, 1.807) is 0 Å². The summed E-state index contributed by atoms with van der Waals surface area (Å²) >= 11 is 0. The van der Waals surface area contributed by atoms with Crippen LogP contribution in [0.2, 0.25) is 0 Å². The Hall–Kier alpha value is -0.980. The second kappa shape index (κ2) is 8.18. The van der Waals surface area contributed by atoms with E-state index in [9.17, 15) is 0 Å². The van der Waals surface area contributed by atoms with E-state index in [0.717, 1.165) is 30.6 Å². The fourth-order valence-electron chi connectivity index (χ4n) is 1.89. The molecular formula is C17H28O. The fourth-order valence-corrected chi connectivity index (χ4v) is 1.89. The SMILES string of the molecule is CC(C)CCCOc1ccc(CCC(C)C)cc1. The first-order valence-electron chi connectivity index (χ1n) is 7.29. The summed E-state index contributed by atoms with van der Waals surface area (Å²) in [5.74, 6) is 2.55. The summed E-state index contributed by atoms with van der Waals surface area (Å²) in [6.45, 7) is 9.88. The smallest absolute Gasteiger partial charge is 0.119 e. The Bertz CT molecular complexity index is 311. The molecule has 1 aromatic carbocycles. The minimum atomic E-state index is 0.770. The molecule has 0 unspecified atom stereocenters. The van der Waals surface area contributed by atoms with E-state index in [4.69, 9.17) is 4.74 Å². The van der Waals surface area contributed by atoms with Crippen LogP contribution in [-0.2, 0) is 6.42 Å². The minimum absolute atomic E-state index is 0.770. The molecule has 0 aromatic heterocycles. The van der Waals surface area contributed by atoms with Gasteiger partial charge >= 0.3 is 0 Å². The molecule has 102 valence electrons. The lowest BCUT2D eigenvalue weighted by Crippen LogP contribution is -1.99. The van der Waals surface area contributed by atoms with Gasteiger partial charge in [0.1, 0.15) is 5.75 Å². The Labute approximate surface area is 113 Å². The molecule has 0 aliphatic rings. The third-order valence-corrected chi connectivity index (χ3v) is 3.13.